The molecule has 0 bridgehead atoms. The Labute approximate surface area is 95.0 Å². The Bertz CT molecular complexity index is 380. The van der Waals surface area contributed by atoms with E-state index in [2.05, 4.69) is 0 Å². The highest BCUT2D eigenvalue weighted by molar-refractivity contribution is 5.46. The molecule has 0 amide bonds. The van der Waals surface area contributed by atoms with Gasteiger partial charge in [-0.15, -0.1) is 0 Å². The van der Waals surface area contributed by atoms with Gasteiger partial charge in [-0.3, -0.25) is 0 Å². The SMILES string of the molecule is COc1c(C)c(F)cc(C(O)CCN)c1C. The van der Waals surface area contributed by atoms with Crippen molar-refractivity contribution in [2.45, 2.75) is 26.4 Å². The van der Waals surface area contributed by atoms with Crippen molar-refractivity contribution >= 4 is 0 Å². The average molecular weight is 227 g/mol. The Hall–Kier alpha value is -1.13. The van der Waals surface area contributed by atoms with E-state index in [1.807, 2.05) is 0 Å². The lowest BCUT2D eigenvalue weighted by atomic mass is 9.97. The predicted molar refractivity (Wildman–Crippen MR) is 61.1 cm³/mol. The summed E-state index contributed by atoms with van der Waals surface area (Å²) in [4.78, 5) is 0. The number of rotatable bonds is 4. The topological polar surface area (TPSA) is 55.5 Å². The van der Waals surface area contributed by atoms with Crippen LogP contribution in [0.15, 0.2) is 6.07 Å². The van der Waals surface area contributed by atoms with Gasteiger partial charge < -0.3 is 15.6 Å². The quantitative estimate of drug-likeness (QED) is 0.825. The van der Waals surface area contributed by atoms with Crippen molar-refractivity contribution in [2.24, 2.45) is 5.73 Å². The van der Waals surface area contributed by atoms with Crippen LogP contribution in [0, 0.1) is 19.7 Å². The molecule has 3 nitrogen and oxygen atoms in total. The van der Waals surface area contributed by atoms with Gasteiger partial charge in [0.2, 0.25) is 0 Å². The largest absolute Gasteiger partial charge is 0.496 e. The van der Waals surface area contributed by atoms with Crippen molar-refractivity contribution in [3.63, 3.8) is 0 Å². The van der Waals surface area contributed by atoms with Gasteiger partial charge in [0.1, 0.15) is 11.6 Å². The molecular formula is C12H18FNO2. The van der Waals surface area contributed by atoms with Gasteiger partial charge in [0.25, 0.3) is 0 Å². The molecule has 16 heavy (non-hydrogen) atoms. The van der Waals surface area contributed by atoms with Gasteiger partial charge in [0.05, 0.1) is 13.2 Å². The van der Waals surface area contributed by atoms with E-state index in [1.54, 1.807) is 13.8 Å². The molecule has 0 saturated heterocycles. The molecule has 0 aliphatic heterocycles. The summed E-state index contributed by atoms with van der Waals surface area (Å²) in [6, 6.07) is 1.35. The van der Waals surface area contributed by atoms with Crippen LogP contribution in [0.25, 0.3) is 0 Å². The van der Waals surface area contributed by atoms with Gasteiger partial charge in [-0.2, -0.15) is 0 Å². The van der Waals surface area contributed by atoms with Crippen LogP contribution in [-0.4, -0.2) is 18.8 Å². The van der Waals surface area contributed by atoms with Gasteiger partial charge in [-0.05, 0) is 44.0 Å². The van der Waals surface area contributed by atoms with Crippen LogP contribution >= 0.6 is 0 Å². The van der Waals surface area contributed by atoms with Gasteiger partial charge in [0, 0.05) is 5.56 Å². The molecule has 0 fully saturated rings. The van der Waals surface area contributed by atoms with Gasteiger partial charge >= 0.3 is 0 Å². The number of methoxy groups -OCH3 is 1. The van der Waals surface area contributed by atoms with E-state index in [0.717, 1.165) is 5.56 Å². The number of ether oxygens (including phenoxy) is 1. The zero-order valence-electron chi connectivity index (χ0n) is 9.88. The van der Waals surface area contributed by atoms with Crippen molar-refractivity contribution in [3.8, 4) is 5.75 Å². The van der Waals surface area contributed by atoms with Gasteiger partial charge in [-0.25, -0.2) is 4.39 Å². The van der Waals surface area contributed by atoms with Crippen molar-refractivity contribution in [3.05, 3.63) is 28.6 Å². The van der Waals surface area contributed by atoms with Crippen LogP contribution in [0.3, 0.4) is 0 Å². The molecule has 0 aliphatic carbocycles. The van der Waals surface area contributed by atoms with Crippen molar-refractivity contribution < 1.29 is 14.2 Å². The van der Waals surface area contributed by atoms with E-state index >= 15 is 0 Å². The molecule has 0 aliphatic rings. The number of hydrogen-bond donors (Lipinski definition) is 2. The number of hydrogen-bond acceptors (Lipinski definition) is 3. The Morgan fingerprint density at radius 2 is 2.06 bits per heavy atom. The lowest BCUT2D eigenvalue weighted by molar-refractivity contribution is 0.168. The second-order valence-electron chi connectivity index (χ2n) is 3.82. The molecule has 0 aromatic heterocycles. The summed E-state index contributed by atoms with van der Waals surface area (Å²) in [5.74, 6) is 0.125. The van der Waals surface area contributed by atoms with Crippen molar-refractivity contribution in [2.75, 3.05) is 13.7 Å². The number of aliphatic hydroxyl groups is 1. The summed E-state index contributed by atoms with van der Waals surface area (Å²) < 4.78 is 18.7. The summed E-state index contributed by atoms with van der Waals surface area (Å²) in [6.07, 6.45) is -0.332. The summed E-state index contributed by atoms with van der Waals surface area (Å²) in [7, 11) is 1.49. The molecule has 4 heteroatoms. The van der Waals surface area contributed by atoms with E-state index in [1.165, 1.54) is 13.2 Å². The monoisotopic (exact) mass is 227 g/mol. The maximum absolute atomic E-state index is 13.6. The standard InChI is InChI=1S/C12H18FNO2/c1-7-9(11(15)4-5-14)6-10(13)8(2)12(7)16-3/h6,11,15H,4-5,14H2,1-3H3. The molecule has 0 spiro atoms. The Balaban J connectivity index is 3.25. The molecule has 0 saturated carbocycles. The molecular weight excluding hydrogens is 209 g/mol. The number of halogens is 1. The fourth-order valence-electron chi connectivity index (χ4n) is 1.84. The highest BCUT2D eigenvalue weighted by Crippen LogP contribution is 2.32. The molecule has 1 aromatic rings. The second-order valence-corrected chi connectivity index (χ2v) is 3.82. The third kappa shape index (κ3) is 2.33. The summed E-state index contributed by atoms with van der Waals surface area (Å²) in [5.41, 5.74) is 7.14. The Morgan fingerprint density at radius 3 is 2.56 bits per heavy atom. The molecule has 3 N–H and O–H groups in total. The van der Waals surface area contributed by atoms with E-state index < -0.39 is 6.10 Å². The average Bonchev–Trinajstić information content (AvgIpc) is 2.24. The third-order valence-electron chi connectivity index (χ3n) is 2.76. The molecule has 1 atom stereocenters. The van der Waals surface area contributed by atoms with Gasteiger partial charge in [0.15, 0.2) is 0 Å². The predicted octanol–water partition coefficient (Wildman–Crippen LogP) is 1.83. The van der Waals surface area contributed by atoms with Crippen LogP contribution in [0.4, 0.5) is 4.39 Å². The van der Waals surface area contributed by atoms with Crippen LogP contribution < -0.4 is 10.5 Å². The Kier molecular flexibility index (Phi) is 4.26. The maximum Gasteiger partial charge on any atom is 0.130 e. The first-order chi connectivity index (χ1) is 7.52. The van der Waals surface area contributed by atoms with Crippen LogP contribution in [0.1, 0.15) is 29.2 Å². The fourth-order valence-corrected chi connectivity index (χ4v) is 1.84. The normalized spacial score (nSPS) is 12.6. The molecule has 0 radical (unpaired) electrons. The van der Waals surface area contributed by atoms with Crippen LogP contribution in [0.5, 0.6) is 5.75 Å². The first-order valence-corrected chi connectivity index (χ1v) is 5.24. The lowest BCUT2D eigenvalue weighted by Crippen LogP contribution is -2.09. The summed E-state index contributed by atoms with van der Waals surface area (Å²) in [6.45, 7) is 3.82. The van der Waals surface area contributed by atoms with Crippen molar-refractivity contribution in [1.82, 2.24) is 0 Å². The number of nitrogens with two attached hydrogens (primary N) is 1. The third-order valence-corrected chi connectivity index (χ3v) is 2.76. The molecule has 90 valence electrons. The highest BCUT2D eigenvalue weighted by atomic mass is 19.1. The first kappa shape index (κ1) is 12.9. The molecule has 1 rings (SSSR count). The molecule has 1 aromatic carbocycles. The minimum absolute atomic E-state index is 0.360. The summed E-state index contributed by atoms with van der Waals surface area (Å²) in [5, 5.41) is 9.83. The van der Waals surface area contributed by atoms with Crippen LogP contribution in [0.2, 0.25) is 0 Å². The molecule has 0 heterocycles. The van der Waals surface area contributed by atoms with E-state index in [-0.39, 0.29) is 5.82 Å². The smallest absolute Gasteiger partial charge is 0.130 e. The molecule has 1 unspecified atom stereocenters. The second kappa shape index (κ2) is 5.27. The lowest BCUT2D eigenvalue weighted by Gasteiger charge is -2.17. The van der Waals surface area contributed by atoms with E-state index in [9.17, 15) is 9.50 Å². The zero-order valence-corrected chi connectivity index (χ0v) is 9.88. The number of benzene rings is 1. The van der Waals surface area contributed by atoms with Crippen LogP contribution in [-0.2, 0) is 0 Å². The zero-order chi connectivity index (χ0) is 12.3. The fraction of sp³-hybridized carbons (Fsp3) is 0.500. The number of aliphatic hydroxyl groups excluding tert-OH is 1. The maximum atomic E-state index is 13.6. The Morgan fingerprint density at radius 1 is 1.44 bits per heavy atom. The highest BCUT2D eigenvalue weighted by Gasteiger charge is 2.17. The van der Waals surface area contributed by atoms with E-state index in [0.29, 0.717) is 29.8 Å². The minimum atomic E-state index is -0.742. The summed E-state index contributed by atoms with van der Waals surface area (Å²) >= 11 is 0. The van der Waals surface area contributed by atoms with E-state index in [4.69, 9.17) is 10.5 Å². The van der Waals surface area contributed by atoms with Crippen molar-refractivity contribution in [1.29, 1.82) is 0 Å². The minimum Gasteiger partial charge on any atom is -0.496 e. The first-order valence-electron chi connectivity index (χ1n) is 5.24. The van der Waals surface area contributed by atoms with Gasteiger partial charge in [-0.1, -0.05) is 0 Å².